The molecule has 0 amide bonds. The van der Waals surface area contributed by atoms with Crippen molar-refractivity contribution in [3.05, 3.63) is 17.3 Å². The van der Waals surface area contributed by atoms with Crippen LogP contribution in [0.2, 0.25) is 5.02 Å². The first kappa shape index (κ1) is 16.4. The van der Waals surface area contributed by atoms with E-state index in [1.807, 2.05) is 14.0 Å². The number of pyridine rings is 1. The number of hydrogen-bond donors (Lipinski definition) is 2. The number of hydrazine groups is 1. The van der Waals surface area contributed by atoms with Gasteiger partial charge in [0, 0.05) is 38.9 Å². The number of hydrogen-bond acceptors (Lipinski definition) is 6. The molecular weight excluding hydrogens is 314 g/mol. The van der Waals surface area contributed by atoms with Crippen LogP contribution in [-0.4, -0.2) is 63.1 Å². The van der Waals surface area contributed by atoms with Crippen molar-refractivity contribution in [2.75, 3.05) is 45.1 Å². The molecule has 2 N–H and O–H groups in total. The minimum absolute atomic E-state index is 0.0630. The van der Waals surface area contributed by atoms with Crippen LogP contribution in [0.1, 0.15) is 6.92 Å². The van der Waals surface area contributed by atoms with Gasteiger partial charge in [-0.3, -0.25) is 0 Å². The summed E-state index contributed by atoms with van der Waals surface area (Å²) >= 11 is 6.04. The topological polar surface area (TPSA) is 77.6 Å². The molecule has 21 heavy (non-hydrogen) atoms. The molecule has 1 aliphatic heterocycles. The lowest BCUT2D eigenvalue weighted by Gasteiger charge is -2.32. The van der Waals surface area contributed by atoms with Gasteiger partial charge in [0.05, 0.1) is 5.02 Å². The number of aromatic nitrogens is 1. The number of likely N-dealkylation sites (N-methyl/N-ethyl adjacent to an activating group) is 1. The van der Waals surface area contributed by atoms with Crippen molar-refractivity contribution in [3.63, 3.8) is 0 Å². The van der Waals surface area contributed by atoms with Crippen molar-refractivity contribution < 1.29 is 8.42 Å². The van der Waals surface area contributed by atoms with Gasteiger partial charge in [-0.15, -0.1) is 4.83 Å². The van der Waals surface area contributed by atoms with Gasteiger partial charge >= 0.3 is 0 Å². The number of anilines is 1. The first-order valence-corrected chi connectivity index (χ1v) is 8.64. The summed E-state index contributed by atoms with van der Waals surface area (Å²) in [5.41, 5.74) is 0. The second-order valence-corrected chi connectivity index (χ2v) is 6.98. The van der Waals surface area contributed by atoms with Crippen LogP contribution in [0.4, 0.5) is 5.82 Å². The van der Waals surface area contributed by atoms with Crippen molar-refractivity contribution in [2.45, 2.75) is 11.8 Å². The quantitative estimate of drug-likeness (QED) is 0.822. The van der Waals surface area contributed by atoms with Crippen LogP contribution in [0.25, 0.3) is 0 Å². The zero-order valence-electron chi connectivity index (χ0n) is 12.1. The highest BCUT2D eigenvalue weighted by Crippen LogP contribution is 2.22. The molecule has 0 radical (unpaired) electrons. The Labute approximate surface area is 130 Å². The lowest BCUT2D eigenvalue weighted by molar-refractivity contribution is 0.135. The Hall–Kier alpha value is -0.930. The lowest BCUT2D eigenvalue weighted by atomic mass is 10.4. The van der Waals surface area contributed by atoms with E-state index in [2.05, 4.69) is 20.0 Å². The molecule has 0 aliphatic carbocycles. The van der Waals surface area contributed by atoms with Gasteiger partial charge in [-0.1, -0.05) is 11.6 Å². The smallest absolute Gasteiger partial charge is 0.255 e. The highest BCUT2D eigenvalue weighted by Gasteiger charge is 2.22. The van der Waals surface area contributed by atoms with E-state index in [0.29, 0.717) is 25.5 Å². The van der Waals surface area contributed by atoms with Crippen LogP contribution in [0.5, 0.6) is 0 Å². The minimum Gasteiger partial charge on any atom is -0.369 e. The van der Waals surface area contributed by atoms with Crippen molar-refractivity contribution in [2.24, 2.45) is 0 Å². The third-order valence-electron chi connectivity index (χ3n) is 3.22. The van der Waals surface area contributed by atoms with Crippen LogP contribution < -0.4 is 10.1 Å². The zero-order valence-corrected chi connectivity index (χ0v) is 13.7. The Morgan fingerprint density at radius 3 is 2.57 bits per heavy atom. The second-order valence-electron chi connectivity index (χ2n) is 4.92. The minimum atomic E-state index is -3.65. The highest BCUT2D eigenvalue weighted by atomic mass is 35.5. The molecule has 1 fully saturated rings. The maximum atomic E-state index is 12.3. The number of rotatable bonds is 5. The molecule has 1 saturated heterocycles. The Morgan fingerprint density at radius 2 is 2.00 bits per heavy atom. The summed E-state index contributed by atoms with van der Waals surface area (Å²) in [6.45, 7) is 5.51. The molecule has 9 heteroatoms. The van der Waals surface area contributed by atoms with Gasteiger partial charge in [0.15, 0.2) is 0 Å². The first-order valence-electron chi connectivity index (χ1n) is 6.77. The third kappa shape index (κ3) is 4.27. The van der Waals surface area contributed by atoms with Gasteiger partial charge in [-0.2, -0.15) is 0 Å². The number of halogens is 1. The van der Waals surface area contributed by atoms with E-state index in [9.17, 15) is 8.42 Å². The fraction of sp³-hybridized carbons (Fsp3) is 0.583. The van der Waals surface area contributed by atoms with Crippen molar-refractivity contribution in [1.82, 2.24) is 19.7 Å². The van der Waals surface area contributed by atoms with E-state index in [0.717, 1.165) is 13.1 Å². The molecule has 1 aliphatic rings. The summed E-state index contributed by atoms with van der Waals surface area (Å²) in [6, 6.07) is 1.41. The average molecular weight is 334 g/mol. The maximum Gasteiger partial charge on any atom is 0.255 e. The van der Waals surface area contributed by atoms with E-state index < -0.39 is 10.0 Å². The molecule has 0 unspecified atom stereocenters. The number of nitrogens with zero attached hydrogens (tertiary/aromatic N) is 3. The van der Waals surface area contributed by atoms with Crippen LogP contribution in [0, 0.1) is 0 Å². The predicted molar refractivity (Wildman–Crippen MR) is 82.8 cm³/mol. The van der Waals surface area contributed by atoms with Gasteiger partial charge in [-0.25, -0.2) is 18.4 Å². The molecule has 1 aromatic heterocycles. The summed E-state index contributed by atoms with van der Waals surface area (Å²) in [5.74, 6) is 0.484. The van der Waals surface area contributed by atoms with E-state index in [1.54, 1.807) is 5.01 Å². The summed E-state index contributed by atoms with van der Waals surface area (Å²) in [4.78, 5) is 8.83. The molecule has 118 valence electrons. The van der Waals surface area contributed by atoms with Crippen LogP contribution in [0.15, 0.2) is 17.2 Å². The standard InChI is InChI=1S/C12H20ClN5O2S/c1-3-14-12-11(13)8-10(9-15-12)21(19,20)16-18-6-4-17(2)5-7-18/h8-9,16H,3-7H2,1-2H3,(H,14,15). The summed E-state index contributed by atoms with van der Waals surface area (Å²) in [7, 11) is -1.64. The Morgan fingerprint density at radius 1 is 1.33 bits per heavy atom. The number of sulfonamides is 1. The summed E-state index contributed by atoms with van der Waals surface area (Å²) < 4.78 is 24.6. The normalized spacial score (nSPS) is 17.9. The highest BCUT2D eigenvalue weighted by molar-refractivity contribution is 7.89. The van der Waals surface area contributed by atoms with Gasteiger partial charge in [0.1, 0.15) is 10.7 Å². The van der Waals surface area contributed by atoms with Gasteiger partial charge in [0.25, 0.3) is 10.0 Å². The number of nitrogens with one attached hydrogen (secondary N) is 2. The molecule has 0 spiro atoms. The average Bonchev–Trinajstić information content (AvgIpc) is 2.43. The molecule has 7 nitrogen and oxygen atoms in total. The molecule has 2 rings (SSSR count). The van der Waals surface area contributed by atoms with Crippen molar-refractivity contribution >= 4 is 27.4 Å². The maximum absolute atomic E-state index is 12.3. The molecule has 0 bridgehead atoms. The largest absolute Gasteiger partial charge is 0.369 e. The van der Waals surface area contributed by atoms with Gasteiger partial charge in [0.2, 0.25) is 0 Å². The Kier molecular flexibility index (Phi) is 5.39. The first-order chi connectivity index (χ1) is 9.92. The van der Waals surface area contributed by atoms with Crippen LogP contribution in [-0.2, 0) is 10.0 Å². The molecule has 0 atom stereocenters. The fourth-order valence-electron chi connectivity index (χ4n) is 1.99. The van der Waals surface area contributed by atoms with Crippen molar-refractivity contribution in [1.29, 1.82) is 0 Å². The van der Waals surface area contributed by atoms with Crippen molar-refractivity contribution in [3.8, 4) is 0 Å². The zero-order chi connectivity index (χ0) is 15.5. The van der Waals surface area contributed by atoms with E-state index in [1.165, 1.54) is 12.3 Å². The molecule has 0 saturated carbocycles. The van der Waals surface area contributed by atoms with E-state index in [4.69, 9.17) is 11.6 Å². The summed E-state index contributed by atoms with van der Waals surface area (Å²) in [5, 5.41) is 4.95. The SMILES string of the molecule is CCNc1ncc(S(=O)(=O)NN2CCN(C)CC2)cc1Cl. The molecule has 2 heterocycles. The monoisotopic (exact) mass is 333 g/mol. The fourth-order valence-corrected chi connectivity index (χ4v) is 3.38. The molecular formula is C12H20ClN5O2S. The van der Waals surface area contributed by atoms with E-state index >= 15 is 0 Å². The Bertz CT molecular complexity index is 587. The van der Waals surface area contributed by atoms with Crippen LogP contribution >= 0.6 is 11.6 Å². The third-order valence-corrected chi connectivity index (χ3v) is 4.85. The molecule has 1 aromatic rings. The lowest BCUT2D eigenvalue weighted by Crippen LogP contribution is -2.52. The molecule has 0 aromatic carbocycles. The van der Waals surface area contributed by atoms with E-state index in [-0.39, 0.29) is 9.92 Å². The Balaban J connectivity index is 2.10. The summed E-state index contributed by atoms with van der Waals surface area (Å²) in [6.07, 6.45) is 1.31. The van der Waals surface area contributed by atoms with Gasteiger partial charge in [-0.05, 0) is 20.0 Å². The second kappa shape index (κ2) is 6.89. The number of piperazine rings is 1. The van der Waals surface area contributed by atoms with Crippen LogP contribution in [0.3, 0.4) is 0 Å². The predicted octanol–water partition coefficient (Wildman–Crippen LogP) is 0.607. The van der Waals surface area contributed by atoms with Gasteiger partial charge < -0.3 is 10.2 Å².